The van der Waals surface area contributed by atoms with Crippen molar-refractivity contribution in [3.63, 3.8) is 0 Å². The number of halogens is 2. The Morgan fingerprint density at radius 1 is 1.50 bits per heavy atom. The minimum Gasteiger partial charge on any atom is -0.339 e. The summed E-state index contributed by atoms with van der Waals surface area (Å²) in [5.41, 5.74) is 0. The van der Waals surface area contributed by atoms with Gasteiger partial charge in [-0.05, 0) is 32.5 Å². The van der Waals surface area contributed by atoms with Gasteiger partial charge in [0.15, 0.2) is 0 Å². The molecule has 1 heterocycles. The van der Waals surface area contributed by atoms with Crippen LogP contribution < -0.4 is 51.4 Å². The Balaban J connectivity index is 0.00000121. The maximum atomic E-state index is 12.2. The van der Waals surface area contributed by atoms with E-state index in [2.05, 4.69) is 11.8 Å². The number of nitrogens with zero attached hydrogens (tertiary/aromatic N) is 1. The van der Waals surface area contributed by atoms with Gasteiger partial charge in [0, 0.05) is 0 Å². The smallest absolute Gasteiger partial charge is 0.339 e. The molecule has 0 aromatic heterocycles. The van der Waals surface area contributed by atoms with Crippen LogP contribution in [0.4, 0.5) is 8.78 Å². The predicted molar refractivity (Wildman–Crippen MR) is 40.5 cm³/mol. The molecule has 2 atom stereocenters. The molecule has 1 saturated heterocycles. The monoisotopic (exact) mass is 201 g/mol. The van der Waals surface area contributed by atoms with E-state index in [-0.39, 0.29) is 57.3 Å². The Labute approximate surface area is 115 Å². The molecule has 0 spiro atoms. The minimum absolute atomic E-state index is 0. The van der Waals surface area contributed by atoms with Crippen LogP contribution in [0, 0.1) is 18.8 Å². The summed E-state index contributed by atoms with van der Waals surface area (Å²) in [4.78, 5) is 2.05. The maximum Gasteiger partial charge on any atom is 1.00 e. The number of hydrogen-bond acceptors (Lipinski definition) is 1. The minimum atomic E-state index is -2.19. The summed E-state index contributed by atoms with van der Waals surface area (Å²) in [5, 5.41) is 0. The van der Waals surface area contributed by atoms with Crippen molar-refractivity contribution in [2.24, 2.45) is 11.8 Å². The number of alkyl halides is 2. The number of hydrogen-bond donors (Lipinski definition) is 0. The molecule has 0 radical (unpaired) electrons. The molecule has 0 amide bonds. The molecule has 1 nitrogen and oxygen atoms in total. The Hall–Kier alpha value is 1.46. The molecule has 12 heavy (non-hydrogen) atoms. The molecule has 0 N–H and O–H groups in total. The van der Waals surface area contributed by atoms with Gasteiger partial charge in [-0.1, -0.05) is 0 Å². The van der Waals surface area contributed by atoms with E-state index < -0.39 is 12.3 Å². The second-order valence-electron chi connectivity index (χ2n) is 3.31. The molecule has 1 aliphatic heterocycles. The maximum absolute atomic E-state index is 12.2. The van der Waals surface area contributed by atoms with Crippen LogP contribution in [0.1, 0.15) is 6.42 Å². The molecular formula is C8H14F2KN. The van der Waals surface area contributed by atoms with E-state index in [0.29, 0.717) is 13.0 Å². The van der Waals surface area contributed by atoms with E-state index >= 15 is 0 Å². The molecule has 0 aromatic rings. The van der Waals surface area contributed by atoms with Crippen molar-refractivity contribution in [2.45, 2.75) is 12.8 Å². The van der Waals surface area contributed by atoms with Gasteiger partial charge in [0.05, 0.1) is 0 Å². The summed E-state index contributed by atoms with van der Waals surface area (Å²) in [5.74, 6) is -0.583. The SMILES string of the molecule is [CH2-]C1CN(C)CCC1C(F)F.[K+]. The van der Waals surface area contributed by atoms with Gasteiger partial charge < -0.3 is 11.8 Å². The normalized spacial score (nSPS) is 31.8. The van der Waals surface area contributed by atoms with Crippen LogP contribution in [0.15, 0.2) is 0 Å². The molecule has 0 saturated carbocycles. The Bertz CT molecular complexity index is 132. The number of rotatable bonds is 1. The van der Waals surface area contributed by atoms with E-state index in [1.165, 1.54) is 0 Å². The zero-order valence-electron chi connectivity index (χ0n) is 7.76. The van der Waals surface area contributed by atoms with Crippen molar-refractivity contribution in [3.05, 3.63) is 6.92 Å². The van der Waals surface area contributed by atoms with Crippen LogP contribution in [0.2, 0.25) is 0 Å². The van der Waals surface area contributed by atoms with E-state index in [9.17, 15) is 8.78 Å². The van der Waals surface area contributed by atoms with E-state index in [1.807, 2.05) is 7.05 Å². The first-order valence-corrected chi connectivity index (χ1v) is 3.91. The van der Waals surface area contributed by atoms with Crippen molar-refractivity contribution in [2.75, 3.05) is 20.1 Å². The number of piperidine rings is 1. The van der Waals surface area contributed by atoms with Crippen molar-refractivity contribution in [1.29, 1.82) is 0 Å². The van der Waals surface area contributed by atoms with Crippen molar-refractivity contribution < 1.29 is 60.2 Å². The van der Waals surface area contributed by atoms with Gasteiger partial charge in [-0.2, -0.15) is 0 Å². The second-order valence-corrected chi connectivity index (χ2v) is 3.31. The first kappa shape index (κ1) is 13.5. The quantitative estimate of drug-likeness (QED) is 0.375. The van der Waals surface area contributed by atoms with Crippen molar-refractivity contribution in [1.82, 2.24) is 4.90 Å². The average Bonchev–Trinajstić information content (AvgIpc) is 1.85. The van der Waals surface area contributed by atoms with Gasteiger partial charge in [-0.15, -0.1) is 5.92 Å². The summed E-state index contributed by atoms with van der Waals surface area (Å²) in [7, 11) is 1.94. The van der Waals surface area contributed by atoms with E-state index in [1.54, 1.807) is 0 Å². The zero-order chi connectivity index (χ0) is 8.43. The molecule has 0 aliphatic carbocycles. The van der Waals surface area contributed by atoms with E-state index in [0.717, 1.165) is 6.54 Å². The second kappa shape index (κ2) is 6.04. The fourth-order valence-electron chi connectivity index (χ4n) is 1.56. The molecule has 1 aliphatic rings. The Kier molecular flexibility index (Phi) is 6.77. The molecule has 1 rings (SSSR count). The van der Waals surface area contributed by atoms with Crippen molar-refractivity contribution in [3.8, 4) is 0 Å². The molecular weight excluding hydrogens is 187 g/mol. The zero-order valence-corrected chi connectivity index (χ0v) is 10.9. The van der Waals surface area contributed by atoms with Crippen LogP contribution in [0.5, 0.6) is 0 Å². The van der Waals surface area contributed by atoms with Crippen LogP contribution in [-0.4, -0.2) is 31.5 Å². The molecule has 66 valence electrons. The van der Waals surface area contributed by atoms with Gasteiger partial charge in [0.2, 0.25) is 6.43 Å². The van der Waals surface area contributed by atoms with Gasteiger partial charge in [0.25, 0.3) is 0 Å². The van der Waals surface area contributed by atoms with Crippen LogP contribution in [0.3, 0.4) is 0 Å². The summed E-state index contributed by atoms with van der Waals surface area (Å²) in [6, 6.07) is 0. The number of likely N-dealkylation sites (tertiary alicyclic amines) is 1. The average molecular weight is 201 g/mol. The van der Waals surface area contributed by atoms with Gasteiger partial charge in [-0.25, -0.2) is 8.78 Å². The first-order chi connectivity index (χ1) is 5.11. The first-order valence-electron chi connectivity index (χ1n) is 3.91. The molecule has 0 bridgehead atoms. The van der Waals surface area contributed by atoms with Gasteiger partial charge in [0.1, 0.15) is 0 Å². The fourth-order valence-corrected chi connectivity index (χ4v) is 1.56. The Morgan fingerprint density at radius 2 is 2.08 bits per heavy atom. The fraction of sp³-hybridized carbons (Fsp3) is 0.875. The summed E-state index contributed by atoms with van der Waals surface area (Å²) in [6.07, 6.45) is -1.60. The third-order valence-corrected chi connectivity index (χ3v) is 2.32. The predicted octanol–water partition coefficient (Wildman–Crippen LogP) is -1.34. The molecule has 2 unspecified atom stereocenters. The van der Waals surface area contributed by atoms with E-state index in [4.69, 9.17) is 0 Å². The third kappa shape index (κ3) is 3.68. The Morgan fingerprint density at radius 3 is 2.50 bits per heavy atom. The standard InChI is InChI=1S/C8H14F2N.K/c1-6-5-11(2)4-3-7(6)8(9)10;/h6-8H,1,3-5H2,2H3;/q-1;+1. The topological polar surface area (TPSA) is 3.24 Å². The summed E-state index contributed by atoms with van der Waals surface area (Å²) < 4.78 is 24.5. The summed E-state index contributed by atoms with van der Waals surface area (Å²) >= 11 is 0. The van der Waals surface area contributed by atoms with Crippen LogP contribution in [0.25, 0.3) is 0 Å². The summed E-state index contributed by atoms with van der Waals surface area (Å²) in [6.45, 7) is 5.21. The largest absolute Gasteiger partial charge is 1.00 e. The van der Waals surface area contributed by atoms with Gasteiger partial charge >= 0.3 is 51.4 Å². The van der Waals surface area contributed by atoms with Crippen molar-refractivity contribution >= 4 is 0 Å². The molecule has 0 aromatic carbocycles. The third-order valence-electron chi connectivity index (χ3n) is 2.32. The molecule has 1 fully saturated rings. The van der Waals surface area contributed by atoms with Gasteiger partial charge in [-0.3, -0.25) is 0 Å². The molecule has 4 heteroatoms. The van der Waals surface area contributed by atoms with Crippen LogP contribution in [-0.2, 0) is 0 Å². The van der Waals surface area contributed by atoms with Crippen LogP contribution >= 0.6 is 0 Å².